The maximum absolute atomic E-state index is 11.7. The van der Waals surface area contributed by atoms with E-state index in [1.807, 2.05) is 29.2 Å². The Morgan fingerprint density at radius 1 is 1.13 bits per heavy atom. The summed E-state index contributed by atoms with van der Waals surface area (Å²) in [4.78, 5) is 27.2. The average molecular weight is 321 g/mol. The molecule has 1 aromatic carbocycles. The molecule has 23 heavy (non-hydrogen) atoms. The van der Waals surface area contributed by atoms with Crippen molar-refractivity contribution in [2.75, 3.05) is 51.3 Å². The number of methoxy groups -OCH3 is 1. The first-order chi connectivity index (χ1) is 11.1. The summed E-state index contributed by atoms with van der Waals surface area (Å²) < 4.78 is 9.84. The van der Waals surface area contributed by atoms with Crippen molar-refractivity contribution in [1.29, 1.82) is 0 Å². The molecule has 0 spiro atoms. The quantitative estimate of drug-likeness (QED) is 0.875. The normalized spacial score (nSPS) is 15.1. The molecule has 0 unspecified atom stereocenters. The molecule has 0 saturated carbocycles. The monoisotopic (exact) mass is 321 g/mol. The zero-order valence-electron chi connectivity index (χ0n) is 13.6. The Balaban J connectivity index is 1.77. The molecule has 2 rings (SSSR count). The Morgan fingerprint density at radius 2 is 1.78 bits per heavy atom. The molecule has 7 nitrogen and oxygen atoms in total. The summed E-state index contributed by atoms with van der Waals surface area (Å²) in [5.74, 6) is 0.504. The van der Waals surface area contributed by atoms with Crippen LogP contribution in [-0.2, 0) is 9.53 Å². The van der Waals surface area contributed by atoms with Gasteiger partial charge in [0.05, 0.1) is 20.3 Å². The first-order valence-electron chi connectivity index (χ1n) is 7.70. The fraction of sp³-hybridized carbons (Fsp3) is 0.500. The zero-order chi connectivity index (χ0) is 16.7. The molecule has 1 fully saturated rings. The van der Waals surface area contributed by atoms with E-state index in [0.29, 0.717) is 0 Å². The summed E-state index contributed by atoms with van der Waals surface area (Å²) in [6.07, 6.45) is -0.686. The molecule has 0 aromatic heterocycles. The average Bonchev–Trinajstić information content (AvgIpc) is 2.56. The van der Waals surface area contributed by atoms with E-state index in [2.05, 4.69) is 15.0 Å². The number of piperazine rings is 1. The highest BCUT2D eigenvalue weighted by Crippen LogP contribution is 2.20. The summed E-state index contributed by atoms with van der Waals surface area (Å²) in [6.45, 7) is 5.35. The molecule has 1 saturated heterocycles. The van der Waals surface area contributed by atoms with Gasteiger partial charge in [-0.05, 0) is 31.2 Å². The van der Waals surface area contributed by atoms with Crippen LogP contribution in [0.4, 0.5) is 10.5 Å². The third-order valence-electron chi connectivity index (χ3n) is 3.69. The van der Waals surface area contributed by atoms with E-state index in [1.54, 1.807) is 14.0 Å². The molecular formula is C16H23N3O4. The van der Waals surface area contributed by atoms with Gasteiger partial charge in [-0.25, -0.2) is 4.79 Å². The maximum atomic E-state index is 11.7. The van der Waals surface area contributed by atoms with Crippen LogP contribution in [-0.4, -0.2) is 63.3 Å². The van der Waals surface area contributed by atoms with Crippen molar-refractivity contribution in [2.45, 2.75) is 6.92 Å². The van der Waals surface area contributed by atoms with Gasteiger partial charge >= 0.3 is 6.09 Å². The smallest absolute Gasteiger partial charge is 0.413 e. The van der Waals surface area contributed by atoms with Crippen LogP contribution < -0.4 is 15.0 Å². The first kappa shape index (κ1) is 17.1. The number of nitrogens with one attached hydrogen (secondary N) is 1. The Morgan fingerprint density at radius 3 is 2.35 bits per heavy atom. The van der Waals surface area contributed by atoms with Gasteiger partial charge in [-0.1, -0.05) is 0 Å². The minimum atomic E-state index is -0.686. The van der Waals surface area contributed by atoms with Gasteiger partial charge < -0.3 is 14.4 Å². The number of amides is 2. The number of anilines is 1. The van der Waals surface area contributed by atoms with Crippen LogP contribution in [0.25, 0.3) is 0 Å². The van der Waals surface area contributed by atoms with Crippen molar-refractivity contribution >= 4 is 17.7 Å². The van der Waals surface area contributed by atoms with E-state index in [0.717, 1.165) is 37.6 Å². The van der Waals surface area contributed by atoms with Crippen LogP contribution >= 0.6 is 0 Å². The number of benzene rings is 1. The lowest BCUT2D eigenvalue weighted by molar-refractivity contribution is -0.121. The lowest BCUT2D eigenvalue weighted by Crippen LogP contribution is -2.50. The van der Waals surface area contributed by atoms with Crippen LogP contribution in [0.1, 0.15) is 6.92 Å². The van der Waals surface area contributed by atoms with Crippen LogP contribution in [0.15, 0.2) is 24.3 Å². The van der Waals surface area contributed by atoms with Gasteiger partial charge in [-0.15, -0.1) is 0 Å². The Labute approximate surface area is 136 Å². The van der Waals surface area contributed by atoms with E-state index >= 15 is 0 Å². The summed E-state index contributed by atoms with van der Waals surface area (Å²) >= 11 is 0. The molecular weight excluding hydrogens is 298 g/mol. The SMILES string of the molecule is CCOC(=O)NC(=O)CN1CCN(c2ccc(OC)cc2)CC1. The minimum absolute atomic E-state index is 0.204. The van der Waals surface area contributed by atoms with Crippen molar-refractivity contribution in [1.82, 2.24) is 10.2 Å². The highest BCUT2D eigenvalue weighted by atomic mass is 16.5. The van der Waals surface area contributed by atoms with E-state index in [4.69, 9.17) is 4.74 Å². The lowest BCUT2D eigenvalue weighted by Gasteiger charge is -2.35. The molecule has 1 heterocycles. The number of carbonyl (C=O) groups is 2. The van der Waals surface area contributed by atoms with E-state index in [9.17, 15) is 9.59 Å². The minimum Gasteiger partial charge on any atom is -0.497 e. The van der Waals surface area contributed by atoms with Gasteiger partial charge in [0, 0.05) is 31.9 Å². The largest absolute Gasteiger partial charge is 0.497 e. The summed E-state index contributed by atoms with van der Waals surface area (Å²) in [5, 5.41) is 2.21. The molecule has 0 radical (unpaired) electrons. The number of nitrogens with zero attached hydrogens (tertiary/aromatic N) is 2. The maximum Gasteiger partial charge on any atom is 0.413 e. The van der Waals surface area contributed by atoms with Gasteiger partial charge in [0.1, 0.15) is 5.75 Å². The molecule has 126 valence electrons. The number of ether oxygens (including phenoxy) is 2. The first-order valence-corrected chi connectivity index (χ1v) is 7.70. The Kier molecular flexibility index (Phi) is 6.22. The van der Waals surface area contributed by atoms with Crippen molar-refractivity contribution in [3.8, 4) is 5.75 Å². The van der Waals surface area contributed by atoms with Crippen LogP contribution in [0.5, 0.6) is 5.75 Å². The molecule has 0 bridgehead atoms. The number of imide groups is 1. The molecule has 2 amide bonds. The van der Waals surface area contributed by atoms with Crippen molar-refractivity contribution < 1.29 is 19.1 Å². The number of rotatable bonds is 5. The van der Waals surface area contributed by atoms with E-state index in [-0.39, 0.29) is 19.1 Å². The molecule has 1 N–H and O–H groups in total. The molecule has 1 aliphatic rings. The highest BCUT2D eigenvalue weighted by Gasteiger charge is 2.20. The van der Waals surface area contributed by atoms with Crippen molar-refractivity contribution in [2.24, 2.45) is 0 Å². The summed E-state index contributed by atoms with van der Waals surface area (Å²) in [5.41, 5.74) is 1.14. The standard InChI is InChI=1S/C16H23N3O4/c1-3-23-16(21)17-15(20)12-18-8-10-19(11-9-18)13-4-6-14(22-2)7-5-13/h4-7H,3,8-12H2,1-2H3,(H,17,20,21). The number of hydrogen-bond acceptors (Lipinski definition) is 6. The zero-order valence-corrected chi connectivity index (χ0v) is 13.6. The van der Waals surface area contributed by atoms with Gasteiger partial charge in [0.15, 0.2) is 0 Å². The summed E-state index contributed by atoms with van der Waals surface area (Å²) in [6, 6.07) is 7.94. The van der Waals surface area contributed by atoms with E-state index < -0.39 is 6.09 Å². The van der Waals surface area contributed by atoms with Gasteiger partial charge in [-0.2, -0.15) is 0 Å². The Bertz CT molecular complexity index is 525. The second-order valence-corrected chi connectivity index (χ2v) is 5.23. The van der Waals surface area contributed by atoms with Crippen LogP contribution in [0.3, 0.4) is 0 Å². The fourth-order valence-electron chi connectivity index (χ4n) is 2.48. The third kappa shape index (κ3) is 5.14. The summed E-state index contributed by atoms with van der Waals surface area (Å²) in [7, 11) is 1.65. The van der Waals surface area contributed by atoms with Gasteiger partial charge in [0.2, 0.25) is 5.91 Å². The number of hydrogen-bond donors (Lipinski definition) is 1. The predicted molar refractivity (Wildman–Crippen MR) is 86.8 cm³/mol. The fourth-order valence-corrected chi connectivity index (χ4v) is 2.48. The topological polar surface area (TPSA) is 71.1 Å². The molecule has 7 heteroatoms. The lowest BCUT2D eigenvalue weighted by atomic mass is 10.2. The number of alkyl carbamates (subject to hydrolysis) is 1. The van der Waals surface area contributed by atoms with Crippen molar-refractivity contribution in [3.63, 3.8) is 0 Å². The second-order valence-electron chi connectivity index (χ2n) is 5.23. The van der Waals surface area contributed by atoms with Crippen LogP contribution in [0, 0.1) is 0 Å². The molecule has 0 aliphatic carbocycles. The molecule has 1 aromatic rings. The Hall–Kier alpha value is -2.28. The van der Waals surface area contributed by atoms with Gasteiger partial charge in [-0.3, -0.25) is 15.0 Å². The molecule has 1 aliphatic heterocycles. The molecule has 0 atom stereocenters. The van der Waals surface area contributed by atoms with Crippen molar-refractivity contribution in [3.05, 3.63) is 24.3 Å². The van der Waals surface area contributed by atoms with Crippen LogP contribution in [0.2, 0.25) is 0 Å². The predicted octanol–water partition coefficient (Wildman–Crippen LogP) is 1.09. The number of carbonyl (C=O) groups excluding carboxylic acids is 2. The van der Waals surface area contributed by atoms with Gasteiger partial charge in [0.25, 0.3) is 0 Å². The second kappa shape index (κ2) is 8.38. The van der Waals surface area contributed by atoms with E-state index in [1.165, 1.54) is 0 Å². The highest BCUT2D eigenvalue weighted by molar-refractivity contribution is 5.92. The third-order valence-corrected chi connectivity index (χ3v) is 3.69.